The minimum atomic E-state index is 0.549. The first-order valence-corrected chi connectivity index (χ1v) is 6.73. The van der Waals surface area contributed by atoms with Crippen LogP contribution in [0.2, 0.25) is 0 Å². The van der Waals surface area contributed by atoms with E-state index < -0.39 is 0 Å². The summed E-state index contributed by atoms with van der Waals surface area (Å²) in [6.07, 6.45) is 7.13. The molecule has 1 aliphatic rings. The van der Waals surface area contributed by atoms with Crippen molar-refractivity contribution in [2.45, 2.75) is 65.9 Å². The molecule has 1 rings (SSSR count). The highest BCUT2D eigenvalue weighted by Crippen LogP contribution is 2.29. The van der Waals surface area contributed by atoms with Gasteiger partial charge in [-0.05, 0) is 43.4 Å². The monoisotopic (exact) mass is 212 g/mol. The predicted octanol–water partition coefficient (Wildman–Crippen LogP) is 4.26. The van der Waals surface area contributed by atoms with Gasteiger partial charge in [0.2, 0.25) is 0 Å². The third-order valence-corrected chi connectivity index (χ3v) is 3.64. The largest absolute Gasteiger partial charge is 0.378 e. The second kappa shape index (κ2) is 6.52. The summed E-state index contributed by atoms with van der Waals surface area (Å²) in [6.45, 7) is 10.3. The zero-order chi connectivity index (χ0) is 11.3. The molecule has 0 aromatic carbocycles. The summed E-state index contributed by atoms with van der Waals surface area (Å²) < 4.78 is 5.83. The van der Waals surface area contributed by atoms with Crippen LogP contribution in [0.1, 0.15) is 59.8 Å². The summed E-state index contributed by atoms with van der Waals surface area (Å²) in [4.78, 5) is 0. The van der Waals surface area contributed by atoms with Gasteiger partial charge in [0.05, 0.1) is 6.10 Å². The lowest BCUT2D eigenvalue weighted by molar-refractivity contribution is -0.0235. The smallest absolute Gasteiger partial charge is 0.0580 e. The molecule has 0 aliphatic carbocycles. The Kier molecular flexibility index (Phi) is 5.66. The van der Waals surface area contributed by atoms with Crippen LogP contribution >= 0.6 is 0 Å². The first-order valence-electron chi connectivity index (χ1n) is 6.73. The Labute approximate surface area is 95.6 Å². The topological polar surface area (TPSA) is 9.23 Å². The van der Waals surface area contributed by atoms with Crippen LogP contribution in [0.4, 0.5) is 0 Å². The zero-order valence-corrected chi connectivity index (χ0v) is 11.0. The van der Waals surface area contributed by atoms with E-state index >= 15 is 0 Å². The molecule has 15 heavy (non-hydrogen) atoms. The predicted molar refractivity (Wildman–Crippen MR) is 66.0 cm³/mol. The maximum atomic E-state index is 5.83. The van der Waals surface area contributed by atoms with E-state index in [9.17, 15) is 0 Å². The van der Waals surface area contributed by atoms with Crippen LogP contribution in [-0.2, 0) is 4.74 Å². The van der Waals surface area contributed by atoms with Crippen LogP contribution in [0.3, 0.4) is 0 Å². The van der Waals surface area contributed by atoms with Gasteiger partial charge < -0.3 is 4.74 Å². The van der Waals surface area contributed by atoms with E-state index in [0.29, 0.717) is 6.10 Å². The van der Waals surface area contributed by atoms with Gasteiger partial charge in [-0.3, -0.25) is 0 Å². The molecule has 3 unspecified atom stereocenters. The third-order valence-electron chi connectivity index (χ3n) is 3.64. The van der Waals surface area contributed by atoms with Gasteiger partial charge in [-0.15, -0.1) is 0 Å². The van der Waals surface area contributed by atoms with E-state index in [-0.39, 0.29) is 0 Å². The quantitative estimate of drug-likeness (QED) is 0.661. The van der Waals surface area contributed by atoms with Gasteiger partial charge in [0.15, 0.2) is 0 Å². The van der Waals surface area contributed by atoms with E-state index in [0.717, 1.165) is 24.4 Å². The van der Waals surface area contributed by atoms with E-state index in [4.69, 9.17) is 4.74 Å². The normalized spacial score (nSPS) is 29.4. The zero-order valence-electron chi connectivity index (χ0n) is 11.0. The van der Waals surface area contributed by atoms with Crippen molar-refractivity contribution in [3.63, 3.8) is 0 Å². The number of rotatable bonds is 5. The molecule has 0 aromatic rings. The first-order chi connectivity index (χ1) is 7.11. The lowest BCUT2D eigenvalue weighted by Crippen LogP contribution is -2.27. The Balaban J connectivity index is 2.28. The number of ether oxygens (including phenoxy) is 1. The highest BCUT2D eigenvalue weighted by molar-refractivity contribution is 4.74. The van der Waals surface area contributed by atoms with Crippen LogP contribution < -0.4 is 0 Å². The molecule has 1 heterocycles. The van der Waals surface area contributed by atoms with Crippen molar-refractivity contribution in [3.8, 4) is 0 Å². The minimum absolute atomic E-state index is 0.549. The molecule has 0 N–H and O–H groups in total. The Morgan fingerprint density at radius 2 is 1.93 bits per heavy atom. The molecule has 0 spiro atoms. The lowest BCUT2D eigenvalue weighted by atomic mass is 9.84. The fourth-order valence-electron chi connectivity index (χ4n) is 2.60. The van der Waals surface area contributed by atoms with E-state index in [2.05, 4.69) is 27.7 Å². The maximum absolute atomic E-state index is 5.83. The summed E-state index contributed by atoms with van der Waals surface area (Å²) >= 11 is 0. The Morgan fingerprint density at radius 3 is 2.53 bits per heavy atom. The molecule has 0 aromatic heterocycles. The summed E-state index contributed by atoms with van der Waals surface area (Å²) in [5.74, 6) is 2.60. The van der Waals surface area contributed by atoms with E-state index in [1.165, 1.54) is 32.1 Å². The standard InChI is InChI=1S/C14H28O/c1-5-12(4)9-13-6-7-15-14(10-13)8-11(2)3/h11-14H,5-10H2,1-4H3. The number of hydrogen-bond acceptors (Lipinski definition) is 1. The van der Waals surface area contributed by atoms with Crippen molar-refractivity contribution < 1.29 is 4.74 Å². The molecule has 1 fully saturated rings. The molecular formula is C14H28O. The van der Waals surface area contributed by atoms with Gasteiger partial charge in [-0.25, -0.2) is 0 Å². The van der Waals surface area contributed by atoms with Crippen molar-refractivity contribution in [3.05, 3.63) is 0 Å². The molecule has 1 nitrogen and oxygen atoms in total. The van der Waals surface area contributed by atoms with Crippen molar-refractivity contribution in [2.75, 3.05) is 6.61 Å². The van der Waals surface area contributed by atoms with Crippen LogP contribution in [0, 0.1) is 17.8 Å². The summed E-state index contributed by atoms with van der Waals surface area (Å²) in [5.41, 5.74) is 0. The molecule has 3 atom stereocenters. The van der Waals surface area contributed by atoms with Gasteiger partial charge in [0.1, 0.15) is 0 Å². The van der Waals surface area contributed by atoms with Crippen molar-refractivity contribution >= 4 is 0 Å². The van der Waals surface area contributed by atoms with Gasteiger partial charge in [0.25, 0.3) is 0 Å². The molecule has 90 valence electrons. The second-order valence-corrected chi connectivity index (χ2v) is 5.76. The van der Waals surface area contributed by atoms with Gasteiger partial charge >= 0.3 is 0 Å². The molecular weight excluding hydrogens is 184 g/mol. The third kappa shape index (κ3) is 5.01. The summed E-state index contributed by atoms with van der Waals surface area (Å²) in [7, 11) is 0. The minimum Gasteiger partial charge on any atom is -0.378 e. The van der Waals surface area contributed by atoms with Crippen LogP contribution in [0.5, 0.6) is 0 Å². The van der Waals surface area contributed by atoms with Gasteiger partial charge in [-0.2, -0.15) is 0 Å². The van der Waals surface area contributed by atoms with E-state index in [1.54, 1.807) is 0 Å². The molecule has 1 saturated heterocycles. The molecule has 0 radical (unpaired) electrons. The maximum Gasteiger partial charge on any atom is 0.0580 e. The average Bonchev–Trinajstić information content (AvgIpc) is 2.17. The number of hydrogen-bond donors (Lipinski definition) is 0. The summed E-state index contributed by atoms with van der Waals surface area (Å²) in [6, 6.07) is 0. The van der Waals surface area contributed by atoms with E-state index in [1.807, 2.05) is 0 Å². The summed E-state index contributed by atoms with van der Waals surface area (Å²) in [5, 5.41) is 0. The van der Waals surface area contributed by atoms with Crippen LogP contribution in [0.15, 0.2) is 0 Å². The Bertz CT molecular complexity index is 165. The SMILES string of the molecule is CCC(C)CC1CCOC(CC(C)C)C1. The van der Waals surface area contributed by atoms with Crippen LogP contribution in [0.25, 0.3) is 0 Å². The van der Waals surface area contributed by atoms with Crippen molar-refractivity contribution in [1.29, 1.82) is 0 Å². The van der Waals surface area contributed by atoms with Crippen molar-refractivity contribution in [2.24, 2.45) is 17.8 Å². The Hall–Kier alpha value is -0.0400. The highest BCUT2D eigenvalue weighted by Gasteiger charge is 2.23. The van der Waals surface area contributed by atoms with Crippen LogP contribution in [-0.4, -0.2) is 12.7 Å². The van der Waals surface area contributed by atoms with Gasteiger partial charge in [-0.1, -0.05) is 34.1 Å². The first kappa shape index (κ1) is 13.0. The second-order valence-electron chi connectivity index (χ2n) is 5.76. The van der Waals surface area contributed by atoms with Crippen molar-refractivity contribution in [1.82, 2.24) is 0 Å². The molecule has 1 aliphatic heterocycles. The molecule has 0 bridgehead atoms. The lowest BCUT2D eigenvalue weighted by Gasteiger charge is -2.31. The average molecular weight is 212 g/mol. The molecule has 0 saturated carbocycles. The highest BCUT2D eigenvalue weighted by atomic mass is 16.5. The fraction of sp³-hybridized carbons (Fsp3) is 1.00. The fourth-order valence-corrected chi connectivity index (χ4v) is 2.60. The van der Waals surface area contributed by atoms with Gasteiger partial charge in [0, 0.05) is 6.61 Å². The molecule has 1 heteroatoms. The Morgan fingerprint density at radius 1 is 1.20 bits per heavy atom. The molecule has 0 amide bonds.